The number of carbonyl (C=O) groups is 3. The van der Waals surface area contributed by atoms with E-state index >= 15 is 0 Å². The van der Waals surface area contributed by atoms with E-state index in [1.165, 1.54) is 12.1 Å². The molecule has 0 heterocycles. The summed E-state index contributed by atoms with van der Waals surface area (Å²) in [5, 5.41) is 5.26. The summed E-state index contributed by atoms with van der Waals surface area (Å²) in [5.74, 6) is -1.18. The number of urea groups is 1. The Labute approximate surface area is 180 Å². The van der Waals surface area contributed by atoms with E-state index in [0.717, 1.165) is 11.1 Å². The van der Waals surface area contributed by atoms with E-state index in [1.807, 2.05) is 38.1 Å². The lowest BCUT2D eigenvalue weighted by molar-refractivity contribution is -0.125. The fraction of sp³-hybridized carbons (Fsp3) is 0.125. The standard InChI is InChI=1S/C24H23N3O4/c1-15-11-12-16(2)20(13-15)27-22(28)21(17-7-4-3-5-8-17)31-23(29)18-9-6-10-19(14-18)26-24(25)30/h3-14,21H,1-2H3,(H,27,28)(H3,25,26,30)/t21-/m0/s1. The van der Waals surface area contributed by atoms with Crippen molar-refractivity contribution in [1.82, 2.24) is 0 Å². The molecular weight excluding hydrogens is 394 g/mol. The maximum atomic E-state index is 13.1. The number of amides is 3. The largest absolute Gasteiger partial charge is 0.444 e. The molecule has 0 bridgehead atoms. The molecule has 0 saturated carbocycles. The summed E-state index contributed by atoms with van der Waals surface area (Å²) < 4.78 is 5.59. The van der Waals surface area contributed by atoms with Crippen LogP contribution in [-0.4, -0.2) is 17.9 Å². The molecule has 1 atom stereocenters. The Balaban J connectivity index is 1.86. The number of primary amides is 1. The predicted molar refractivity (Wildman–Crippen MR) is 119 cm³/mol. The number of carbonyl (C=O) groups excluding carboxylic acids is 3. The van der Waals surface area contributed by atoms with Crippen LogP contribution < -0.4 is 16.4 Å². The highest BCUT2D eigenvalue weighted by Gasteiger charge is 2.26. The molecule has 0 spiro atoms. The quantitative estimate of drug-likeness (QED) is 0.518. The van der Waals surface area contributed by atoms with Gasteiger partial charge in [-0.2, -0.15) is 0 Å². The van der Waals surface area contributed by atoms with Gasteiger partial charge in [-0.25, -0.2) is 9.59 Å². The van der Waals surface area contributed by atoms with Crippen molar-refractivity contribution in [3.63, 3.8) is 0 Å². The van der Waals surface area contributed by atoms with Crippen molar-refractivity contribution in [2.75, 3.05) is 10.6 Å². The molecule has 31 heavy (non-hydrogen) atoms. The van der Waals surface area contributed by atoms with Crippen molar-refractivity contribution >= 4 is 29.3 Å². The van der Waals surface area contributed by atoms with Crippen LogP contribution in [0.2, 0.25) is 0 Å². The molecule has 3 aromatic carbocycles. The average Bonchev–Trinajstić information content (AvgIpc) is 2.74. The van der Waals surface area contributed by atoms with Gasteiger partial charge in [0.1, 0.15) is 0 Å². The van der Waals surface area contributed by atoms with Crippen molar-refractivity contribution in [3.8, 4) is 0 Å². The highest BCUT2D eigenvalue weighted by atomic mass is 16.5. The van der Waals surface area contributed by atoms with Crippen LogP contribution in [0.1, 0.15) is 33.2 Å². The average molecular weight is 417 g/mol. The Bertz CT molecular complexity index is 1110. The van der Waals surface area contributed by atoms with Gasteiger partial charge >= 0.3 is 12.0 Å². The summed E-state index contributed by atoms with van der Waals surface area (Å²) in [6.07, 6.45) is -1.17. The monoisotopic (exact) mass is 417 g/mol. The second-order valence-corrected chi connectivity index (χ2v) is 7.07. The summed E-state index contributed by atoms with van der Waals surface area (Å²) >= 11 is 0. The van der Waals surface area contributed by atoms with Gasteiger partial charge < -0.3 is 21.1 Å². The Morgan fingerprint density at radius 3 is 2.32 bits per heavy atom. The maximum absolute atomic E-state index is 13.1. The summed E-state index contributed by atoms with van der Waals surface area (Å²) in [6, 6.07) is 19.9. The first-order valence-electron chi connectivity index (χ1n) is 9.64. The minimum Gasteiger partial charge on any atom is -0.444 e. The van der Waals surface area contributed by atoms with Gasteiger partial charge in [-0.05, 0) is 49.2 Å². The maximum Gasteiger partial charge on any atom is 0.339 e. The van der Waals surface area contributed by atoms with Crippen LogP contribution in [0.25, 0.3) is 0 Å². The molecule has 3 amide bonds. The number of anilines is 2. The van der Waals surface area contributed by atoms with E-state index in [0.29, 0.717) is 16.9 Å². The molecule has 7 heteroatoms. The zero-order chi connectivity index (χ0) is 22.4. The second-order valence-electron chi connectivity index (χ2n) is 7.07. The smallest absolute Gasteiger partial charge is 0.339 e. The first-order chi connectivity index (χ1) is 14.8. The normalized spacial score (nSPS) is 11.3. The highest BCUT2D eigenvalue weighted by Crippen LogP contribution is 2.24. The molecule has 0 aliphatic heterocycles. The van der Waals surface area contributed by atoms with Crippen LogP contribution in [0.3, 0.4) is 0 Å². The van der Waals surface area contributed by atoms with Crippen LogP contribution >= 0.6 is 0 Å². The van der Waals surface area contributed by atoms with E-state index in [2.05, 4.69) is 10.6 Å². The molecule has 158 valence electrons. The van der Waals surface area contributed by atoms with Crippen LogP contribution in [0.15, 0.2) is 72.8 Å². The Morgan fingerprint density at radius 2 is 1.61 bits per heavy atom. The van der Waals surface area contributed by atoms with Gasteiger partial charge in [0.05, 0.1) is 5.56 Å². The minimum absolute atomic E-state index is 0.173. The molecule has 0 aliphatic carbocycles. The molecule has 4 N–H and O–H groups in total. The van der Waals surface area contributed by atoms with E-state index in [4.69, 9.17) is 10.5 Å². The molecule has 3 aromatic rings. The van der Waals surface area contributed by atoms with Crippen LogP contribution in [-0.2, 0) is 9.53 Å². The number of esters is 1. The van der Waals surface area contributed by atoms with E-state index < -0.39 is 24.0 Å². The summed E-state index contributed by atoms with van der Waals surface area (Å²) in [6.45, 7) is 3.81. The summed E-state index contributed by atoms with van der Waals surface area (Å²) in [5.41, 5.74) is 8.71. The van der Waals surface area contributed by atoms with E-state index in [9.17, 15) is 14.4 Å². The van der Waals surface area contributed by atoms with Gasteiger partial charge in [0.25, 0.3) is 5.91 Å². The van der Waals surface area contributed by atoms with Crippen molar-refractivity contribution < 1.29 is 19.1 Å². The lowest BCUT2D eigenvalue weighted by atomic mass is 10.1. The number of nitrogens with two attached hydrogens (primary N) is 1. The molecule has 0 fully saturated rings. The Morgan fingerprint density at radius 1 is 0.871 bits per heavy atom. The van der Waals surface area contributed by atoms with E-state index in [1.54, 1.807) is 36.4 Å². The van der Waals surface area contributed by atoms with Crippen molar-refractivity contribution in [1.29, 1.82) is 0 Å². The van der Waals surface area contributed by atoms with Gasteiger partial charge in [-0.15, -0.1) is 0 Å². The molecule has 0 unspecified atom stereocenters. The number of hydrogen-bond donors (Lipinski definition) is 3. The Kier molecular flexibility index (Phi) is 6.67. The van der Waals surface area contributed by atoms with Crippen molar-refractivity contribution in [2.24, 2.45) is 5.73 Å². The molecule has 0 aromatic heterocycles. The van der Waals surface area contributed by atoms with Crippen LogP contribution in [0.4, 0.5) is 16.2 Å². The molecule has 0 saturated heterocycles. The fourth-order valence-corrected chi connectivity index (χ4v) is 3.01. The van der Waals surface area contributed by atoms with Gasteiger partial charge in [-0.3, -0.25) is 4.79 Å². The van der Waals surface area contributed by atoms with Gasteiger partial charge in [0.15, 0.2) is 0 Å². The van der Waals surface area contributed by atoms with Crippen LogP contribution in [0, 0.1) is 13.8 Å². The minimum atomic E-state index is -1.17. The second kappa shape index (κ2) is 9.58. The van der Waals surface area contributed by atoms with Crippen molar-refractivity contribution in [3.05, 3.63) is 95.1 Å². The number of ether oxygens (including phenoxy) is 1. The zero-order valence-corrected chi connectivity index (χ0v) is 17.2. The first-order valence-corrected chi connectivity index (χ1v) is 9.64. The van der Waals surface area contributed by atoms with Crippen LogP contribution in [0.5, 0.6) is 0 Å². The topological polar surface area (TPSA) is 111 Å². The number of nitrogens with one attached hydrogen (secondary N) is 2. The first kappa shape index (κ1) is 21.6. The zero-order valence-electron chi connectivity index (χ0n) is 17.2. The molecular formula is C24H23N3O4. The summed E-state index contributed by atoms with van der Waals surface area (Å²) in [4.78, 5) is 37.0. The van der Waals surface area contributed by atoms with Crippen molar-refractivity contribution in [2.45, 2.75) is 20.0 Å². The third kappa shape index (κ3) is 5.70. The fourth-order valence-electron chi connectivity index (χ4n) is 3.01. The molecule has 0 aliphatic rings. The van der Waals surface area contributed by atoms with Gasteiger partial charge in [0, 0.05) is 16.9 Å². The number of rotatable bonds is 6. The lowest BCUT2D eigenvalue weighted by Crippen LogP contribution is -2.26. The Hall–Kier alpha value is -4.13. The van der Waals surface area contributed by atoms with Gasteiger partial charge in [-0.1, -0.05) is 48.5 Å². The number of benzene rings is 3. The lowest BCUT2D eigenvalue weighted by Gasteiger charge is -2.19. The SMILES string of the molecule is Cc1ccc(C)c(NC(=O)[C@@H](OC(=O)c2cccc(NC(N)=O)c2)c2ccccc2)c1. The van der Waals surface area contributed by atoms with E-state index in [-0.39, 0.29) is 5.56 Å². The predicted octanol–water partition coefficient (Wildman–Crippen LogP) is 4.33. The van der Waals surface area contributed by atoms with Gasteiger partial charge in [0.2, 0.25) is 6.10 Å². The number of hydrogen-bond acceptors (Lipinski definition) is 4. The molecule has 7 nitrogen and oxygen atoms in total. The highest BCUT2D eigenvalue weighted by molar-refractivity contribution is 5.99. The summed E-state index contributed by atoms with van der Waals surface area (Å²) in [7, 11) is 0. The molecule has 0 radical (unpaired) electrons. The third-order valence-corrected chi connectivity index (χ3v) is 4.58. The molecule has 3 rings (SSSR count). The third-order valence-electron chi connectivity index (χ3n) is 4.58. The number of aryl methyl sites for hydroxylation is 2.